The van der Waals surface area contributed by atoms with E-state index in [1.165, 1.54) is 57.8 Å². The minimum atomic E-state index is 0.103. The SMILES string of the molecule is NC1N(I)CC(C2CCCCCCCCC2)N1I. The molecule has 18 heavy (non-hydrogen) atoms. The molecule has 106 valence electrons. The minimum absolute atomic E-state index is 0.103. The Bertz CT molecular complexity index is 242. The van der Waals surface area contributed by atoms with Gasteiger partial charge in [0, 0.05) is 58.3 Å². The highest BCUT2D eigenvalue weighted by Crippen LogP contribution is 2.34. The zero-order valence-electron chi connectivity index (χ0n) is 11.0. The van der Waals surface area contributed by atoms with Crippen LogP contribution in [-0.2, 0) is 0 Å². The molecule has 2 fully saturated rings. The molecular weight excluding hydrogens is 452 g/mol. The van der Waals surface area contributed by atoms with Gasteiger partial charge < -0.3 is 5.73 Å². The van der Waals surface area contributed by atoms with E-state index in [1.54, 1.807) is 0 Å². The molecule has 2 N–H and O–H groups in total. The van der Waals surface area contributed by atoms with E-state index < -0.39 is 0 Å². The first-order valence-electron chi connectivity index (χ1n) is 7.32. The molecule has 1 saturated carbocycles. The summed E-state index contributed by atoms with van der Waals surface area (Å²) in [6, 6.07) is 0.664. The van der Waals surface area contributed by atoms with Crippen LogP contribution >= 0.6 is 45.7 Å². The maximum Gasteiger partial charge on any atom is 0.131 e. The molecule has 0 amide bonds. The van der Waals surface area contributed by atoms with Crippen molar-refractivity contribution in [3.63, 3.8) is 0 Å². The van der Waals surface area contributed by atoms with Crippen LogP contribution in [-0.4, -0.2) is 25.1 Å². The summed E-state index contributed by atoms with van der Waals surface area (Å²) < 4.78 is 4.62. The van der Waals surface area contributed by atoms with Crippen molar-refractivity contribution in [3.8, 4) is 0 Å². The average molecular weight is 477 g/mol. The summed E-state index contributed by atoms with van der Waals surface area (Å²) in [5.41, 5.74) is 6.18. The maximum absolute atomic E-state index is 6.18. The Morgan fingerprint density at radius 1 is 0.833 bits per heavy atom. The van der Waals surface area contributed by atoms with Gasteiger partial charge in [-0.05, 0) is 18.8 Å². The molecule has 2 unspecified atom stereocenters. The number of rotatable bonds is 1. The molecule has 1 aliphatic carbocycles. The average Bonchev–Trinajstić information content (AvgIpc) is 2.63. The van der Waals surface area contributed by atoms with Crippen molar-refractivity contribution < 1.29 is 0 Å². The fourth-order valence-corrected chi connectivity index (χ4v) is 5.34. The van der Waals surface area contributed by atoms with Crippen molar-refractivity contribution in [2.24, 2.45) is 11.7 Å². The van der Waals surface area contributed by atoms with E-state index in [1.807, 2.05) is 0 Å². The highest BCUT2D eigenvalue weighted by Gasteiger charge is 2.38. The van der Waals surface area contributed by atoms with Crippen LogP contribution in [0.1, 0.15) is 57.8 Å². The Morgan fingerprint density at radius 2 is 1.33 bits per heavy atom. The van der Waals surface area contributed by atoms with Crippen molar-refractivity contribution in [2.45, 2.75) is 70.1 Å². The van der Waals surface area contributed by atoms with E-state index in [2.05, 4.69) is 52.0 Å². The maximum atomic E-state index is 6.18. The molecule has 0 bridgehead atoms. The molecule has 1 saturated heterocycles. The van der Waals surface area contributed by atoms with Crippen LogP contribution in [0.15, 0.2) is 0 Å². The Hall–Kier alpha value is 1.34. The van der Waals surface area contributed by atoms with Gasteiger partial charge in [0.15, 0.2) is 0 Å². The lowest BCUT2D eigenvalue weighted by molar-refractivity contribution is 0.254. The Balaban J connectivity index is 1.91. The molecule has 1 heterocycles. The van der Waals surface area contributed by atoms with Gasteiger partial charge in [-0.2, -0.15) is 0 Å². The molecule has 0 aromatic heterocycles. The summed E-state index contributed by atoms with van der Waals surface area (Å²) >= 11 is 4.82. The zero-order chi connectivity index (χ0) is 13.0. The molecule has 2 rings (SSSR count). The van der Waals surface area contributed by atoms with Crippen LogP contribution in [0.5, 0.6) is 0 Å². The second-order valence-corrected chi connectivity index (χ2v) is 8.07. The molecular formula is C13H25I2N3. The number of nitrogens with zero attached hydrogens (tertiary/aromatic N) is 2. The molecule has 2 aliphatic rings. The highest BCUT2D eigenvalue weighted by molar-refractivity contribution is 14.1. The lowest BCUT2D eigenvalue weighted by atomic mass is 9.87. The van der Waals surface area contributed by atoms with Crippen LogP contribution < -0.4 is 5.73 Å². The molecule has 0 aromatic carbocycles. The van der Waals surface area contributed by atoms with Crippen molar-refractivity contribution >= 4 is 45.7 Å². The molecule has 3 nitrogen and oxygen atoms in total. The molecule has 0 aromatic rings. The van der Waals surface area contributed by atoms with Crippen molar-refractivity contribution in [1.82, 2.24) is 6.23 Å². The molecule has 0 spiro atoms. The van der Waals surface area contributed by atoms with E-state index in [-0.39, 0.29) is 6.29 Å². The summed E-state index contributed by atoms with van der Waals surface area (Å²) in [5, 5.41) is 0. The Labute approximate surface area is 139 Å². The van der Waals surface area contributed by atoms with Gasteiger partial charge in [0.2, 0.25) is 0 Å². The second kappa shape index (κ2) is 7.95. The number of hydrogen-bond acceptors (Lipinski definition) is 3. The lowest BCUT2D eigenvalue weighted by Gasteiger charge is -2.28. The van der Waals surface area contributed by atoms with Gasteiger partial charge in [0.25, 0.3) is 0 Å². The van der Waals surface area contributed by atoms with Crippen molar-refractivity contribution in [2.75, 3.05) is 6.54 Å². The third-order valence-corrected chi connectivity index (χ3v) is 6.66. The van der Waals surface area contributed by atoms with E-state index in [9.17, 15) is 0 Å². The number of hydrogen-bond donors (Lipinski definition) is 1. The predicted molar refractivity (Wildman–Crippen MR) is 93.4 cm³/mol. The largest absolute Gasteiger partial charge is 0.302 e. The highest BCUT2D eigenvalue weighted by atomic mass is 127. The summed E-state index contributed by atoms with van der Waals surface area (Å²) in [6.07, 6.45) is 13.0. The van der Waals surface area contributed by atoms with Gasteiger partial charge in [-0.1, -0.05) is 44.9 Å². The summed E-state index contributed by atoms with van der Waals surface area (Å²) in [6.45, 7) is 1.13. The molecule has 1 aliphatic heterocycles. The van der Waals surface area contributed by atoms with Crippen LogP contribution in [0.4, 0.5) is 0 Å². The van der Waals surface area contributed by atoms with Gasteiger partial charge in [-0.25, -0.2) is 6.23 Å². The fourth-order valence-electron chi connectivity index (χ4n) is 3.26. The van der Waals surface area contributed by atoms with Crippen molar-refractivity contribution in [3.05, 3.63) is 0 Å². The minimum Gasteiger partial charge on any atom is -0.302 e. The third-order valence-electron chi connectivity index (χ3n) is 4.41. The molecule has 5 heteroatoms. The molecule has 0 radical (unpaired) electrons. The quantitative estimate of drug-likeness (QED) is 0.457. The summed E-state index contributed by atoms with van der Waals surface area (Å²) in [7, 11) is 0. The van der Waals surface area contributed by atoms with Gasteiger partial charge in [0.05, 0.1) is 0 Å². The van der Waals surface area contributed by atoms with E-state index in [4.69, 9.17) is 5.73 Å². The second-order valence-electron chi connectivity index (χ2n) is 5.72. The first-order chi connectivity index (χ1) is 8.70. The van der Waals surface area contributed by atoms with Crippen LogP contribution in [0.2, 0.25) is 0 Å². The lowest BCUT2D eigenvalue weighted by Crippen LogP contribution is -2.40. The standard InChI is InChI=1S/C13H25I2N3/c14-17-10-12(18(15)13(17)16)11-8-6-4-2-1-3-5-7-9-11/h11-13H,1-10,16H2. The van der Waals surface area contributed by atoms with E-state index in [0.29, 0.717) is 6.04 Å². The van der Waals surface area contributed by atoms with E-state index >= 15 is 0 Å². The third kappa shape index (κ3) is 4.17. The zero-order valence-corrected chi connectivity index (χ0v) is 15.3. The number of nitrogens with two attached hydrogens (primary N) is 1. The van der Waals surface area contributed by atoms with Crippen molar-refractivity contribution in [1.29, 1.82) is 0 Å². The normalized spacial score (nSPS) is 34.8. The smallest absolute Gasteiger partial charge is 0.131 e. The topological polar surface area (TPSA) is 32.5 Å². The first kappa shape index (κ1) is 15.7. The van der Waals surface area contributed by atoms with Crippen LogP contribution in [0.3, 0.4) is 0 Å². The molecule has 2 atom stereocenters. The Morgan fingerprint density at radius 3 is 1.78 bits per heavy atom. The van der Waals surface area contributed by atoms with E-state index in [0.717, 1.165) is 12.5 Å². The Kier molecular flexibility index (Phi) is 6.94. The van der Waals surface area contributed by atoms with Crippen LogP contribution in [0, 0.1) is 5.92 Å². The van der Waals surface area contributed by atoms with Crippen LogP contribution in [0.25, 0.3) is 0 Å². The first-order valence-corrected chi connectivity index (χ1v) is 9.25. The van der Waals surface area contributed by atoms with Gasteiger partial charge in [-0.15, -0.1) is 0 Å². The summed E-state index contributed by atoms with van der Waals surface area (Å²) in [5.74, 6) is 0.853. The van der Waals surface area contributed by atoms with Gasteiger partial charge >= 0.3 is 0 Å². The predicted octanol–water partition coefficient (Wildman–Crippen LogP) is 4.06. The summed E-state index contributed by atoms with van der Waals surface area (Å²) in [4.78, 5) is 0. The number of halogens is 2. The van der Waals surface area contributed by atoms with Gasteiger partial charge in [0.1, 0.15) is 6.29 Å². The monoisotopic (exact) mass is 477 g/mol. The fraction of sp³-hybridized carbons (Fsp3) is 1.00. The van der Waals surface area contributed by atoms with Gasteiger partial charge in [-0.3, -0.25) is 0 Å².